The quantitative estimate of drug-likeness (QED) is 0.780. The zero-order chi connectivity index (χ0) is 12.3. The minimum Gasteiger partial charge on any atom is -0.495 e. The zero-order valence-electron chi connectivity index (χ0n) is 10.4. The Labute approximate surface area is 103 Å². The smallest absolute Gasteiger partial charge is 0.136 e. The molecule has 1 aromatic carbocycles. The normalized spacial score (nSPS) is 14.7. The first kappa shape index (κ1) is 11.9. The first-order valence-electron chi connectivity index (χ1n) is 6.09. The number of nitriles is 1. The van der Waals surface area contributed by atoms with Crippen molar-refractivity contribution in [1.82, 2.24) is 4.90 Å². The molecule has 0 spiro atoms. The van der Waals surface area contributed by atoms with Gasteiger partial charge in [0.2, 0.25) is 0 Å². The molecule has 0 amide bonds. The topological polar surface area (TPSA) is 36.3 Å². The third-order valence-electron chi connectivity index (χ3n) is 3.24. The van der Waals surface area contributed by atoms with Gasteiger partial charge in [-0.25, -0.2) is 0 Å². The first-order valence-corrected chi connectivity index (χ1v) is 6.09. The van der Waals surface area contributed by atoms with E-state index in [1.165, 1.54) is 18.4 Å². The van der Waals surface area contributed by atoms with Gasteiger partial charge in [0.1, 0.15) is 11.8 Å². The van der Waals surface area contributed by atoms with Crippen molar-refractivity contribution in [3.8, 4) is 11.8 Å². The number of rotatable bonds is 5. The van der Waals surface area contributed by atoms with Crippen LogP contribution in [0.1, 0.15) is 30.9 Å². The van der Waals surface area contributed by atoms with Crippen molar-refractivity contribution < 1.29 is 4.74 Å². The Balaban J connectivity index is 2.13. The van der Waals surface area contributed by atoms with Crippen molar-refractivity contribution in [2.45, 2.75) is 32.4 Å². The lowest BCUT2D eigenvalue weighted by Gasteiger charge is -2.20. The Morgan fingerprint density at radius 2 is 2.24 bits per heavy atom. The van der Waals surface area contributed by atoms with Gasteiger partial charge in [-0.3, -0.25) is 4.90 Å². The average molecular weight is 230 g/mol. The van der Waals surface area contributed by atoms with E-state index in [2.05, 4.69) is 17.9 Å². The molecule has 0 unspecified atom stereocenters. The van der Waals surface area contributed by atoms with Crippen LogP contribution in [0.2, 0.25) is 0 Å². The van der Waals surface area contributed by atoms with Gasteiger partial charge in [0, 0.05) is 12.6 Å². The maximum atomic E-state index is 8.93. The van der Waals surface area contributed by atoms with Crippen molar-refractivity contribution in [3.63, 3.8) is 0 Å². The molecule has 0 radical (unpaired) electrons. The predicted octanol–water partition coefficient (Wildman–Crippen LogP) is 2.55. The second-order valence-corrected chi connectivity index (χ2v) is 4.44. The highest BCUT2D eigenvalue weighted by atomic mass is 16.5. The van der Waals surface area contributed by atoms with Gasteiger partial charge in [-0.2, -0.15) is 5.26 Å². The van der Waals surface area contributed by atoms with Gasteiger partial charge >= 0.3 is 0 Å². The molecular formula is C14H18N2O. The Morgan fingerprint density at radius 3 is 2.76 bits per heavy atom. The third kappa shape index (κ3) is 2.78. The Bertz CT molecular complexity index is 432. The summed E-state index contributed by atoms with van der Waals surface area (Å²) in [5, 5.41) is 8.93. The number of hydrogen-bond donors (Lipinski definition) is 0. The van der Waals surface area contributed by atoms with Crippen LogP contribution in [0.5, 0.6) is 5.75 Å². The van der Waals surface area contributed by atoms with Crippen LogP contribution < -0.4 is 4.74 Å². The summed E-state index contributed by atoms with van der Waals surface area (Å²) in [6, 6.07) is 8.74. The van der Waals surface area contributed by atoms with E-state index in [-0.39, 0.29) is 0 Å². The number of methoxy groups -OCH3 is 1. The summed E-state index contributed by atoms with van der Waals surface area (Å²) in [5.41, 5.74) is 1.82. The molecule has 0 N–H and O–H groups in total. The second-order valence-electron chi connectivity index (χ2n) is 4.44. The van der Waals surface area contributed by atoms with Crippen LogP contribution in [-0.2, 0) is 6.54 Å². The van der Waals surface area contributed by atoms with Gasteiger partial charge in [0.15, 0.2) is 0 Å². The second kappa shape index (κ2) is 5.20. The molecule has 0 saturated heterocycles. The van der Waals surface area contributed by atoms with Gasteiger partial charge < -0.3 is 4.74 Å². The van der Waals surface area contributed by atoms with Crippen molar-refractivity contribution in [3.05, 3.63) is 29.3 Å². The van der Waals surface area contributed by atoms with Crippen molar-refractivity contribution >= 4 is 0 Å². The number of hydrogen-bond acceptors (Lipinski definition) is 3. The lowest BCUT2D eigenvalue weighted by molar-refractivity contribution is 0.269. The highest BCUT2D eigenvalue weighted by Gasteiger charge is 2.27. The van der Waals surface area contributed by atoms with E-state index in [1.54, 1.807) is 7.11 Å². The molecule has 2 rings (SSSR count). The van der Waals surface area contributed by atoms with E-state index in [9.17, 15) is 0 Å². The Kier molecular flexibility index (Phi) is 3.65. The summed E-state index contributed by atoms with van der Waals surface area (Å²) in [6.45, 7) is 4.22. The molecule has 90 valence electrons. The Hall–Kier alpha value is -1.53. The van der Waals surface area contributed by atoms with Crippen LogP contribution in [-0.4, -0.2) is 24.6 Å². The molecule has 1 aliphatic carbocycles. The molecule has 1 aromatic rings. The van der Waals surface area contributed by atoms with Crippen molar-refractivity contribution in [2.75, 3.05) is 13.7 Å². The van der Waals surface area contributed by atoms with Crippen LogP contribution in [0.4, 0.5) is 0 Å². The van der Waals surface area contributed by atoms with Crippen LogP contribution in [0.15, 0.2) is 18.2 Å². The fourth-order valence-corrected chi connectivity index (χ4v) is 2.10. The fourth-order valence-electron chi connectivity index (χ4n) is 2.10. The van der Waals surface area contributed by atoms with E-state index in [0.717, 1.165) is 19.1 Å². The lowest BCUT2D eigenvalue weighted by atomic mass is 10.1. The van der Waals surface area contributed by atoms with Crippen molar-refractivity contribution in [1.29, 1.82) is 5.26 Å². The monoisotopic (exact) mass is 230 g/mol. The minimum atomic E-state index is 0.603. The highest BCUT2D eigenvalue weighted by molar-refractivity contribution is 5.45. The van der Waals surface area contributed by atoms with E-state index < -0.39 is 0 Å². The molecular weight excluding hydrogens is 212 g/mol. The standard InChI is InChI=1S/C14H18N2O/c1-3-16(13-6-7-13)10-11-4-5-12(9-15)14(8-11)17-2/h4-5,8,13H,3,6-7,10H2,1-2H3. The van der Waals surface area contributed by atoms with E-state index >= 15 is 0 Å². The molecule has 0 bridgehead atoms. The van der Waals surface area contributed by atoms with Gasteiger partial charge in [0.05, 0.1) is 12.7 Å². The van der Waals surface area contributed by atoms with Crippen LogP contribution in [0.3, 0.4) is 0 Å². The van der Waals surface area contributed by atoms with Gasteiger partial charge in [0.25, 0.3) is 0 Å². The molecule has 0 aromatic heterocycles. The van der Waals surface area contributed by atoms with E-state index in [0.29, 0.717) is 11.3 Å². The van der Waals surface area contributed by atoms with Crippen LogP contribution in [0, 0.1) is 11.3 Å². The van der Waals surface area contributed by atoms with E-state index in [1.807, 2.05) is 18.2 Å². The third-order valence-corrected chi connectivity index (χ3v) is 3.24. The number of nitrogens with zero attached hydrogens (tertiary/aromatic N) is 2. The fraction of sp³-hybridized carbons (Fsp3) is 0.500. The summed E-state index contributed by atoms with van der Waals surface area (Å²) < 4.78 is 5.23. The summed E-state index contributed by atoms with van der Waals surface area (Å²) in [4.78, 5) is 2.47. The van der Waals surface area contributed by atoms with Crippen LogP contribution >= 0.6 is 0 Å². The van der Waals surface area contributed by atoms with E-state index in [4.69, 9.17) is 10.00 Å². The molecule has 3 nitrogen and oxygen atoms in total. The summed E-state index contributed by atoms with van der Waals surface area (Å²) in [6.07, 6.45) is 2.64. The van der Waals surface area contributed by atoms with Gasteiger partial charge in [-0.05, 0) is 37.1 Å². The largest absolute Gasteiger partial charge is 0.495 e. The Morgan fingerprint density at radius 1 is 1.47 bits per heavy atom. The summed E-state index contributed by atoms with van der Waals surface area (Å²) in [5.74, 6) is 0.678. The van der Waals surface area contributed by atoms with Gasteiger partial charge in [-0.15, -0.1) is 0 Å². The zero-order valence-corrected chi connectivity index (χ0v) is 10.4. The number of ether oxygens (including phenoxy) is 1. The molecule has 1 saturated carbocycles. The molecule has 0 heterocycles. The van der Waals surface area contributed by atoms with Crippen LogP contribution in [0.25, 0.3) is 0 Å². The SMILES string of the molecule is CCN(Cc1ccc(C#N)c(OC)c1)C1CC1. The maximum Gasteiger partial charge on any atom is 0.136 e. The molecule has 3 heteroatoms. The van der Waals surface area contributed by atoms with Crippen molar-refractivity contribution in [2.24, 2.45) is 0 Å². The molecule has 1 aliphatic rings. The summed E-state index contributed by atoms with van der Waals surface area (Å²) in [7, 11) is 1.61. The molecule has 0 aliphatic heterocycles. The molecule has 17 heavy (non-hydrogen) atoms. The molecule has 1 fully saturated rings. The molecule has 0 atom stereocenters. The predicted molar refractivity (Wildman–Crippen MR) is 66.8 cm³/mol. The highest BCUT2D eigenvalue weighted by Crippen LogP contribution is 2.29. The first-order chi connectivity index (χ1) is 8.28. The number of benzene rings is 1. The lowest BCUT2D eigenvalue weighted by Crippen LogP contribution is -2.24. The maximum absolute atomic E-state index is 8.93. The van der Waals surface area contributed by atoms with Gasteiger partial charge in [-0.1, -0.05) is 13.0 Å². The average Bonchev–Trinajstić information content (AvgIpc) is 3.19. The minimum absolute atomic E-state index is 0.603. The summed E-state index contributed by atoms with van der Waals surface area (Å²) >= 11 is 0.